The maximum atomic E-state index is 12.6. The van der Waals surface area contributed by atoms with Gasteiger partial charge in [-0.1, -0.05) is 6.07 Å². The SMILES string of the molecule is O=C(Cc1c2c(cc3c1OCC3)OCC2)NCc1ccc2c(c1)OCO2. The first kappa shape index (κ1) is 15.4. The summed E-state index contributed by atoms with van der Waals surface area (Å²) in [6.07, 6.45) is 2.01. The van der Waals surface area contributed by atoms with Gasteiger partial charge in [0.1, 0.15) is 11.5 Å². The molecule has 3 heterocycles. The molecule has 1 N–H and O–H groups in total. The monoisotopic (exact) mass is 353 g/mol. The van der Waals surface area contributed by atoms with E-state index in [4.69, 9.17) is 18.9 Å². The van der Waals surface area contributed by atoms with Crippen molar-refractivity contribution in [2.75, 3.05) is 20.0 Å². The molecule has 5 rings (SSSR count). The van der Waals surface area contributed by atoms with E-state index in [1.807, 2.05) is 18.2 Å². The zero-order valence-corrected chi connectivity index (χ0v) is 14.3. The fourth-order valence-electron chi connectivity index (χ4n) is 3.75. The minimum absolute atomic E-state index is 0.0272. The summed E-state index contributed by atoms with van der Waals surface area (Å²) in [5.41, 5.74) is 4.22. The molecule has 0 radical (unpaired) electrons. The van der Waals surface area contributed by atoms with Crippen LogP contribution in [-0.4, -0.2) is 25.9 Å². The molecule has 0 atom stereocenters. The van der Waals surface area contributed by atoms with E-state index in [9.17, 15) is 4.79 Å². The van der Waals surface area contributed by atoms with Crippen molar-refractivity contribution in [1.29, 1.82) is 0 Å². The number of ether oxygens (including phenoxy) is 4. The van der Waals surface area contributed by atoms with Gasteiger partial charge in [0, 0.05) is 36.1 Å². The Morgan fingerprint density at radius 2 is 1.85 bits per heavy atom. The average molecular weight is 353 g/mol. The maximum absolute atomic E-state index is 12.6. The van der Waals surface area contributed by atoms with Gasteiger partial charge in [-0.2, -0.15) is 0 Å². The summed E-state index contributed by atoms with van der Waals surface area (Å²) in [5.74, 6) is 3.23. The first-order valence-corrected chi connectivity index (χ1v) is 8.86. The average Bonchev–Trinajstić information content (AvgIpc) is 3.38. The molecule has 1 amide bonds. The molecule has 0 aliphatic carbocycles. The van der Waals surface area contributed by atoms with Crippen LogP contribution in [0, 0.1) is 0 Å². The third-order valence-corrected chi connectivity index (χ3v) is 5.02. The second-order valence-corrected chi connectivity index (χ2v) is 6.66. The lowest BCUT2D eigenvalue weighted by Gasteiger charge is -2.13. The summed E-state index contributed by atoms with van der Waals surface area (Å²) in [6, 6.07) is 7.77. The lowest BCUT2D eigenvalue weighted by atomic mass is 9.97. The molecule has 0 unspecified atom stereocenters. The normalized spacial score (nSPS) is 15.8. The molecule has 0 spiro atoms. The predicted octanol–water partition coefficient (Wildman–Crippen LogP) is 2.14. The Bertz CT molecular complexity index is 860. The Kier molecular flexibility index (Phi) is 3.62. The van der Waals surface area contributed by atoms with Crippen LogP contribution in [0.2, 0.25) is 0 Å². The smallest absolute Gasteiger partial charge is 0.231 e. The minimum atomic E-state index is -0.0272. The molecule has 26 heavy (non-hydrogen) atoms. The Hall–Kier alpha value is -2.89. The Morgan fingerprint density at radius 3 is 2.81 bits per heavy atom. The maximum Gasteiger partial charge on any atom is 0.231 e. The summed E-state index contributed by atoms with van der Waals surface area (Å²) in [5, 5.41) is 2.99. The van der Waals surface area contributed by atoms with Gasteiger partial charge in [0.05, 0.1) is 19.6 Å². The van der Waals surface area contributed by atoms with Crippen LogP contribution in [0.4, 0.5) is 0 Å². The van der Waals surface area contributed by atoms with Gasteiger partial charge in [-0.25, -0.2) is 0 Å². The molecule has 6 heteroatoms. The summed E-state index contributed by atoms with van der Waals surface area (Å²) < 4.78 is 22.2. The summed E-state index contributed by atoms with van der Waals surface area (Å²) in [4.78, 5) is 12.6. The third kappa shape index (κ3) is 2.62. The standard InChI is InChI=1S/C20H19NO5/c22-19(21-10-12-1-2-16-18(7-12)26-11-25-16)9-15-14-4-6-23-17(14)8-13-3-5-24-20(13)15/h1-2,7-8H,3-6,9-11H2,(H,21,22). The van der Waals surface area contributed by atoms with Crippen LogP contribution in [0.5, 0.6) is 23.0 Å². The largest absolute Gasteiger partial charge is 0.493 e. The lowest BCUT2D eigenvalue weighted by Crippen LogP contribution is -2.25. The van der Waals surface area contributed by atoms with Crippen LogP contribution in [0.1, 0.15) is 22.3 Å². The first-order chi connectivity index (χ1) is 12.8. The molecular weight excluding hydrogens is 334 g/mol. The van der Waals surface area contributed by atoms with Crippen LogP contribution in [0.3, 0.4) is 0 Å². The van der Waals surface area contributed by atoms with Crippen LogP contribution < -0.4 is 24.3 Å². The van der Waals surface area contributed by atoms with Crippen molar-refractivity contribution in [2.24, 2.45) is 0 Å². The molecule has 0 aromatic heterocycles. The van der Waals surface area contributed by atoms with E-state index in [0.29, 0.717) is 26.2 Å². The predicted molar refractivity (Wildman–Crippen MR) is 93.0 cm³/mol. The molecule has 2 aromatic carbocycles. The molecular formula is C20H19NO5. The number of rotatable bonds is 4. The van der Waals surface area contributed by atoms with E-state index < -0.39 is 0 Å². The van der Waals surface area contributed by atoms with Gasteiger partial charge in [-0.3, -0.25) is 4.79 Å². The van der Waals surface area contributed by atoms with E-state index in [1.54, 1.807) is 0 Å². The molecule has 0 fully saturated rings. The van der Waals surface area contributed by atoms with E-state index in [2.05, 4.69) is 11.4 Å². The van der Waals surface area contributed by atoms with Gasteiger partial charge in [0.25, 0.3) is 0 Å². The fraction of sp³-hybridized carbons (Fsp3) is 0.350. The molecule has 0 bridgehead atoms. The highest BCUT2D eigenvalue weighted by Gasteiger charge is 2.27. The van der Waals surface area contributed by atoms with Crippen molar-refractivity contribution in [1.82, 2.24) is 5.32 Å². The van der Waals surface area contributed by atoms with Gasteiger partial charge in [-0.15, -0.1) is 0 Å². The zero-order chi connectivity index (χ0) is 17.5. The van der Waals surface area contributed by atoms with E-state index in [-0.39, 0.29) is 12.7 Å². The van der Waals surface area contributed by atoms with Crippen LogP contribution in [0.15, 0.2) is 24.3 Å². The van der Waals surface area contributed by atoms with Gasteiger partial charge in [-0.05, 0) is 23.8 Å². The first-order valence-electron chi connectivity index (χ1n) is 8.86. The van der Waals surface area contributed by atoms with Crippen molar-refractivity contribution in [3.63, 3.8) is 0 Å². The van der Waals surface area contributed by atoms with Crippen molar-refractivity contribution in [2.45, 2.75) is 25.8 Å². The van der Waals surface area contributed by atoms with E-state index in [0.717, 1.165) is 58.1 Å². The van der Waals surface area contributed by atoms with Crippen LogP contribution >= 0.6 is 0 Å². The molecule has 2 aromatic rings. The number of amides is 1. The number of benzene rings is 2. The molecule has 3 aliphatic rings. The second-order valence-electron chi connectivity index (χ2n) is 6.66. The van der Waals surface area contributed by atoms with Crippen molar-refractivity contribution in [3.8, 4) is 23.0 Å². The minimum Gasteiger partial charge on any atom is -0.493 e. The number of carbonyl (C=O) groups is 1. The number of fused-ring (bicyclic) bond motifs is 3. The van der Waals surface area contributed by atoms with Gasteiger partial charge >= 0.3 is 0 Å². The third-order valence-electron chi connectivity index (χ3n) is 5.02. The van der Waals surface area contributed by atoms with Crippen molar-refractivity contribution in [3.05, 3.63) is 46.5 Å². The van der Waals surface area contributed by atoms with Gasteiger partial charge in [0.15, 0.2) is 11.5 Å². The van der Waals surface area contributed by atoms with Crippen molar-refractivity contribution >= 4 is 5.91 Å². The molecule has 134 valence electrons. The van der Waals surface area contributed by atoms with Crippen LogP contribution in [-0.2, 0) is 30.6 Å². The summed E-state index contributed by atoms with van der Waals surface area (Å²) in [7, 11) is 0. The van der Waals surface area contributed by atoms with E-state index in [1.165, 1.54) is 0 Å². The zero-order valence-electron chi connectivity index (χ0n) is 14.3. The van der Waals surface area contributed by atoms with Crippen molar-refractivity contribution < 1.29 is 23.7 Å². The number of hydrogen-bond acceptors (Lipinski definition) is 5. The second kappa shape index (κ2) is 6.12. The summed E-state index contributed by atoms with van der Waals surface area (Å²) >= 11 is 0. The molecule has 3 aliphatic heterocycles. The quantitative estimate of drug-likeness (QED) is 0.912. The molecule has 0 saturated heterocycles. The van der Waals surface area contributed by atoms with Gasteiger partial charge < -0.3 is 24.3 Å². The van der Waals surface area contributed by atoms with E-state index >= 15 is 0 Å². The fourth-order valence-corrected chi connectivity index (χ4v) is 3.75. The molecule has 0 saturated carbocycles. The number of carbonyl (C=O) groups excluding carboxylic acids is 1. The Labute approximate surface area is 151 Å². The van der Waals surface area contributed by atoms with Crippen LogP contribution in [0.25, 0.3) is 0 Å². The Morgan fingerprint density at radius 1 is 0.962 bits per heavy atom. The Balaban J connectivity index is 1.31. The number of nitrogens with one attached hydrogen (secondary N) is 1. The highest BCUT2D eigenvalue weighted by molar-refractivity contribution is 5.81. The van der Waals surface area contributed by atoms with Gasteiger partial charge in [0.2, 0.25) is 12.7 Å². The highest BCUT2D eigenvalue weighted by atomic mass is 16.7. The highest BCUT2D eigenvalue weighted by Crippen LogP contribution is 2.40. The topological polar surface area (TPSA) is 66.0 Å². The number of hydrogen-bond donors (Lipinski definition) is 1. The summed E-state index contributed by atoms with van der Waals surface area (Å²) in [6.45, 7) is 2.04. The lowest BCUT2D eigenvalue weighted by molar-refractivity contribution is -0.120. The molecule has 6 nitrogen and oxygen atoms in total.